The summed E-state index contributed by atoms with van der Waals surface area (Å²) in [5.74, 6) is -0.409. The van der Waals surface area contributed by atoms with Gasteiger partial charge in [-0.2, -0.15) is 0 Å². The zero-order valence-electron chi connectivity index (χ0n) is 6.95. The molecule has 0 aliphatic heterocycles. The van der Waals surface area contributed by atoms with Gasteiger partial charge in [0.25, 0.3) is 0 Å². The van der Waals surface area contributed by atoms with Gasteiger partial charge in [-0.3, -0.25) is 4.79 Å². The van der Waals surface area contributed by atoms with Crippen molar-refractivity contribution >= 4 is 16.7 Å². The Hall–Kier alpha value is -1.83. The summed E-state index contributed by atoms with van der Waals surface area (Å²) in [6, 6.07) is 13.9. The summed E-state index contributed by atoms with van der Waals surface area (Å²) in [4.78, 5) is 11.0. The molecular formula is C11H8NO. The third-order valence-corrected chi connectivity index (χ3v) is 1.98. The van der Waals surface area contributed by atoms with E-state index in [0.717, 1.165) is 10.8 Å². The van der Waals surface area contributed by atoms with Crippen molar-refractivity contribution in [1.29, 1.82) is 0 Å². The molecule has 0 heterocycles. The van der Waals surface area contributed by atoms with Crippen LogP contribution in [0, 0.1) is 6.07 Å². The molecule has 2 aromatic carbocycles. The molecular weight excluding hydrogens is 162 g/mol. The molecule has 0 fully saturated rings. The van der Waals surface area contributed by atoms with Gasteiger partial charge in [-0.1, -0.05) is 24.3 Å². The maximum absolute atomic E-state index is 11.0. The van der Waals surface area contributed by atoms with E-state index in [4.69, 9.17) is 5.73 Å². The molecule has 2 rings (SSSR count). The van der Waals surface area contributed by atoms with E-state index in [-0.39, 0.29) is 0 Å². The Labute approximate surface area is 76.0 Å². The lowest BCUT2D eigenvalue weighted by Crippen LogP contribution is -2.11. The summed E-state index contributed by atoms with van der Waals surface area (Å²) in [6.45, 7) is 0. The molecule has 2 heteroatoms. The van der Waals surface area contributed by atoms with Gasteiger partial charge in [0.05, 0.1) is 0 Å². The maximum atomic E-state index is 11.0. The molecule has 0 unspecified atom stereocenters. The highest BCUT2D eigenvalue weighted by Crippen LogP contribution is 2.17. The molecule has 1 amide bonds. The third-order valence-electron chi connectivity index (χ3n) is 1.98. The first-order valence-electron chi connectivity index (χ1n) is 3.97. The molecule has 0 spiro atoms. The number of amides is 1. The van der Waals surface area contributed by atoms with Crippen LogP contribution in [0.3, 0.4) is 0 Å². The highest BCUT2D eigenvalue weighted by atomic mass is 16.1. The lowest BCUT2D eigenvalue weighted by molar-refractivity contribution is 0.100. The number of rotatable bonds is 1. The van der Waals surface area contributed by atoms with Crippen LogP contribution in [0.15, 0.2) is 36.4 Å². The van der Waals surface area contributed by atoms with Crippen LogP contribution in [0.25, 0.3) is 10.8 Å². The first-order valence-corrected chi connectivity index (χ1v) is 3.97. The molecule has 2 aromatic rings. The van der Waals surface area contributed by atoms with Gasteiger partial charge < -0.3 is 5.73 Å². The monoisotopic (exact) mass is 170 g/mol. The lowest BCUT2D eigenvalue weighted by Gasteiger charge is -2.00. The second kappa shape index (κ2) is 2.90. The van der Waals surface area contributed by atoms with Gasteiger partial charge >= 0.3 is 0 Å². The Balaban J connectivity index is 2.83. The maximum Gasteiger partial charge on any atom is 0.249 e. The number of carbonyl (C=O) groups excluding carboxylic acids is 1. The first-order chi connectivity index (χ1) is 6.29. The van der Waals surface area contributed by atoms with Crippen LogP contribution in [-0.4, -0.2) is 5.91 Å². The number of hydrogen-bond donors (Lipinski definition) is 1. The van der Waals surface area contributed by atoms with Gasteiger partial charge in [-0.05, 0) is 29.0 Å². The van der Waals surface area contributed by atoms with Crippen molar-refractivity contribution in [3.8, 4) is 0 Å². The van der Waals surface area contributed by atoms with Crippen LogP contribution in [0.2, 0.25) is 0 Å². The molecule has 0 bridgehead atoms. The van der Waals surface area contributed by atoms with Crippen molar-refractivity contribution in [1.82, 2.24) is 0 Å². The summed E-state index contributed by atoms with van der Waals surface area (Å²) >= 11 is 0. The minimum Gasteiger partial charge on any atom is -0.366 e. The second-order valence-corrected chi connectivity index (χ2v) is 2.82. The molecule has 1 radical (unpaired) electrons. The minimum absolute atomic E-state index is 0.409. The molecule has 0 aromatic heterocycles. The van der Waals surface area contributed by atoms with Crippen molar-refractivity contribution in [3.05, 3.63) is 48.0 Å². The summed E-state index contributed by atoms with van der Waals surface area (Å²) < 4.78 is 0. The zero-order valence-corrected chi connectivity index (χ0v) is 6.95. The Bertz CT molecular complexity index is 457. The molecule has 63 valence electrons. The van der Waals surface area contributed by atoms with E-state index in [2.05, 4.69) is 6.07 Å². The number of hydrogen-bond acceptors (Lipinski definition) is 1. The van der Waals surface area contributed by atoms with Crippen molar-refractivity contribution in [2.24, 2.45) is 5.73 Å². The van der Waals surface area contributed by atoms with Crippen LogP contribution in [0.4, 0.5) is 0 Å². The SMILES string of the molecule is NC(=O)c1c[c]cc2ccccc12. The van der Waals surface area contributed by atoms with E-state index in [1.54, 1.807) is 6.07 Å². The normalized spacial score (nSPS) is 10.2. The average Bonchev–Trinajstić information content (AvgIpc) is 2.17. The Kier molecular flexibility index (Phi) is 1.74. The fourth-order valence-electron chi connectivity index (χ4n) is 1.36. The summed E-state index contributed by atoms with van der Waals surface area (Å²) in [5.41, 5.74) is 5.75. The Morgan fingerprint density at radius 1 is 1.23 bits per heavy atom. The largest absolute Gasteiger partial charge is 0.366 e. The van der Waals surface area contributed by atoms with E-state index in [1.165, 1.54) is 0 Å². The molecule has 0 aliphatic rings. The van der Waals surface area contributed by atoms with Gasteiger partial charge in [-0.15, -0.1) is 0 Å². The molecule has 0 atom stereocenters. The Morgan fingerprint density at radius 2 is 2.00 bits per heavy atom. The van der Waals surface area contributed by atoms with Crippen LogP contribution in [0.1, 0.15) is 10.4 Å². The number of fused-ring (bicyclic) bond motifs is 1. The van der Waals surface area contributed by atoms with Crippen LogP contribution in [0.5, 0.6) is 0 Å². The highest BCUT2D eigenvalue weighted by molar-refractivity contribution is 6.06. The zero-order chi connectivity index (χ0) is 9.26. The van der Waals surface area contributed by atoms with Gasteiger partial charge in [0.15, 0.2) is 0 Å². The fraction of sp³-hybridized carbons (Fsp3) is 0. The lowest BCUT2D eigenvalue weighted by atomic mass is 10.0. The number of carbonyl (C=O) groups is 1. The van der Waals surface area contributed by atoms with Crippen molar-refractivity contribution < 1.29 is 4.79 Å². The van der Waals surface area contributed by atoms with E-state index >= 15 is 0 Å². The molecule has 0 saturated carbocycles. The molecule has 2 N–H and O–H groups in total. The van der Waals surface area contributed by atoms with Crippen LogP contribution in [-0.2, 0) is 0 Å². The second-order valence-electron chi connectivity index (χ2n) is 2.82. The average molecular weight is 170 g/mol. The van der Waals surface area contributed by atoms with Crippen molar-refractivity contribution in [2.45, 2.75) is 0 Å². The molecule has 0 aliphatic carbocycles. The van der Waals surface area contributed by atoms with Crippen LogP contribution >= 0.6 is 0 Å². The highest BCUT2D eigenvalue weighted by Gasteiger charge is 2.04. The van der Waals surface area contributed by atoms with E-state index in [1.807, 2.05) is 30.3 Å². The third kappa shape index (κ3) is 1.26. The number of benzene rings is 2. The van der Waals surface area contributed by atoms with Crippen molar-refractivity contribution in [2.75, 3.05) is 0 Å². The fourth-order valence-corrected chi connectivity index (χ4v) is 1.36. The number of primary amides is 1. The molecule has 0 saturated heterocycles. The van der Waals surface area contributed by atoms with Gasteiger partial charge in [0, 0.05) is 5.56 Å². The van der Waals surface area contributed by atoms with Crippen LogP contribution < -0.4 is 5.73 Å². The predicted molar refractivity (Wildman–Crippen MR) is 51.3 cm³/mol. The summed E-state index contributed by atoms with van der Waals surface area (Å²) in [6.07, 6.45) is 0. The summed E-state index contributed by atoms with van der Waals surface area (Å²) in [5, 5.41) is 1.87. The first kappa shape index (κ1) is 7.80. The smallest absolute Gasteiger partial charge is 0.249 e. The van der Waals surface area contributed by atoms with Gasteiger partial charge in [0.1, 0.15) is 0 Å². The topological polar surface area (TPSA) is 43.1 Å². The quantitative estimate of drug-likeness (QED) is 0.696. The Morgan fingerprint density at radius 3 is 2.77 bits per heavy atom. The van der Waals surface area contributed by atoms with Crippen molar-refractivity contribution in [3.63, 3.8) is 0 Å². The van der Waals surface area contributed by atoms with Gasteiger partial charge in [-0.25, -0.2) is 0 Å². The molecule has 2 nitrogen and oxygen atoms in total. The predicted octanol–water partition coefficient (Wildman–Crippen LogP) is 1.74. The standard InChI is InChI=1S/C11H8NO/c12-11(13)10-7-3-5-8-4-1-2-6-9(8)10/h1-2,4-7H,(H2,12,13). The van der Waals surface area contributed by atoms with Gasteiger partial charge in [0.2, 0.25) is 5.91 Å². The number of nitrogens with two attached hydrogens (primary N) is 1. The van der Waals surface area contributed by atoms with E-state index in [9.17, 15) is 4.79 Å². The van der Waals surface area contributed by atoms with E-state index in [0.29, 0.717) is 5.56 Å². The van der Waals surface area contributed by atoms with E-state index < -0.39 is 5.91 Å². The molecule has 13 heavy (non-hydrogen) atoms. The minimum atomic E-state index is -0.409. The summed E-state index contributed by atoms with van der Waals surface area (Å²) in [7, 11) is 0.